The Balaban J connectivity index is 1.18. The predicted molar refractivity (Wildman–Crippen MR) is 271 cm³/mol. The van der Waals surface area contributed by atoms with Crippen molar-refractivity contribution in [2.75, 3.05) is 0 Å². The third kappa shape index (κ3) is 6.67. The Labute approximate surface area is 384 Å². The highest BCUT2D eigenvalue weighted by Crippen LogP contribution is 2.44. The number of rotatable bonds is 7. The van der Waals surface area contributed by atoms with Crippen molar-refractivity contribution in [1.29, 1.82) is 5.26 Å². The lowest BCUT2D eigenvalue weighted by Crippen LogP contribution is -2.04. The number of benzene rings is 9. The number of thiophene rings is 1. The molecular weight excluding hydrogens is 825 g/mol. The normalized spacial score (nSPS) is 11.3. The Morgan fingerprint density at radius 1 is 0.439 bits per heavy atom. The summed E-state index contributed by atoms with van der Waals surface area (Å²) in [5.41, 5.74) is 13.0. The van der Waals surface area contributed by atoms with Crippen molar-refractivity contribution in [3.63, 3.8) is 0 Å². The van der Waals surface area contributed by atoms with Crippen LogP contribution in [-0.4, -0.2) is 19.5 Å². The average Bonchev–Trinajstić information content (AvgIpc) is 3.94. The highest BCUT2D eigenvalue weighted by molar-refractivity contribution is 7.26. The summed E-state index contributed by atoms with van der Waals surface area (Å²) in [7, 11) is 0. The second kappa shape index (κ2) is 16.0. The molecule has 0 spiro atoms. The number of hydrogen-bond donors (Lipinski definition) is 0. The Kier molecular flexibility index (Phi) is 9.35. The molecule has 0 saturated heterocycles. The van der Waals surface area contributed by atoms with Crippen molar-refractivity contribution >= 4 is 59.0 Å². The molecule has 0 saturated carbocycles. The molecule has 3 heterocycles. The fraction of sp³-hybridized carbons (Fsp3) is 0. The number of fused-ring (bicyclic) bond motifs is 6. The van der Waals surface area contributed by atoms with Crippen molar-refractivity contribution in [3.8, 4) is 79.3 Å². The van der Waals surface area contributed by atoms with E-state index in [4.69, 9.17) is 21.5 Å². The van der Waals surface area contributed by atoms with Crippen LogP contribution in [0.4, 0.5) is 5.69 Å². The van der Waals surface area contributed by atoms with Gasteiger partial charge in [-0.3, -0.25) is 0 Å². The number of nitriles is 1. The molecule has 6 nitrogen and oxygen atoms in total. The number of nitrogens with zero attached hydrogens (tertiary/aromatic N) is 6. The molecule has 0 amide bonds. The van der Waals surface area contributed by atoms with Gasteiger partial charge in [-0.05, 0) is 75.8 Å². The Bertz CT molecular complexity index is 3760. The first-order chi connectivity index (χ1) is 32.6. The molecule has 9 aromatic carbocycles. The van der Waals surface area contributed by atoms with Gasteiger partial charge in [-0.2, -0.15) is 5.26 Å². The fourth-order valence-electron chi connectivity index (χ4n) is 9.08. The summed E-state index contributed by atoms with van der Waals surface area (Å²) in [5.74, 6) is 1.71. The molecule has 12 rings (SSSR count). The van der Waals surface area contributed by atoms with Gasteiger partial charge in [-0.15, -0.1) is 11.3 Å². The smallest absolute Gasteiger partial charge is 0.187 e. The van der Waals surface area contributed by atoms with Crippen LogP contribution in [0, 0.1) is 17.9 Å². The molecule has 12 aromatic rings. The molecule has 0 radical (unpaired) electrons. The van der Waals surface area contributed by atoms with Crippen LogP contribution < -0.4 is 0 Å². The van der Waals surface area contributed by atoms with Gasteiger partial charge in [-0.25, -0.2) is 19.8 Å². The van der Waals surface area contributed by atoms with E-state index in [1.54, 1.807) is 0 Å². The van der Waals surface area contributed by atoms with E-state index in [1.165, 1.54) is 20.2 Å². The Morgan fingerprint density at radius 3 is 1.61 bits per heavy atom. The van der Waals surface area contributed by atoms with E-state index < -0.39 is 0 Å². The van der Waals surface area contributed by atoms with Gasteiger partial charge >= 0.3 is 0 Å². The van der Waals surface area contributed by atoms with E-state index in [1.807, 2.05) is 121 Å². The quantitative estimate of drug-likeness (QED) is 0.150. The summed E-state index contributed by atoms with van der Waals surface area (Å²) in [6.45, 7) is 7.56. The standard InChI is InChI=1S/C59H34N6S/c1-61-45-28-23-39(24-29-45)43-26-31-48-47-30-25-42(38-21-19-37(36-60)20-22-38)34-53(47)65(54(48)35-43)52-32-27-44(46-16-10-17-50-49-15-8-9-18-55(49)66-56(46)50)33-51(52)59-63-57(40-11-4-2-5-12-40)62-58(64-59)41-13-6-3-7-14-41/h2-35H. The van der Waals surface area contributed by atoms with Crippen molar-refractivity contribution in [1.82, 2.24) is 19.5 Å². The van der Waals surface area contributed by atoms with Gasteiger partial charge in [0.25, 0.3) is 0 Å². The minimum atomic E-state index is 0.548. The highest BCUT2D eigenvalue weighted by atomic mass is 32.1. The van der Waals surface area contributed by atoms with Crippen LogP contribution in [0.25, 0.3) is 120 Å². The van der Waals surface area contributed by atoms with E-state index in [9.17, 15) is 5.26 Å². The molecule has 0 aliphatic heterocycles. The van der Waals surface area contributed by atoms with Crippen LogP contribution in [0.5, 0.6) is 0 Å². The SMILES string of the molecule is [C-]#[N+]c1ccc(-c2ccc3c4ccc(-c5ccc(C#N)cc5)cc4n(-c4ccc(-c5cccc6c5sc5ccccc56)cc4-c4nc(-c5ccccc5)nc(-c5ccccc5)n4)c3c2)cc1. The third-order valence-electron chi connectivity index (χ3n) is 12.3. The summed E-state index contributed by atoms with van der Waals surface area (Å²) >= 11 is 1.81. The lowest BCUT2D eigenvalue weighted by molar-refractivity contribution is 1.06. The molecule has 0 N–H and O–H groups in total. The molecule has 0 aliphatic rings. The minimum absolute atomic E-state index is 0.548. The van der Waals surface area contributed by atoms with Crippen LogP contribution in [-0.2, 0) is 0 Å². The first-order valence-electron chi connectivity index (χ1n) is 21.6. The first-order valence-corrected chi connectivity index (χ1v) is 22.4. The number of aromatic nitrogens is 4. The van der Waals surface area contributed by atoms with Crippen LogP contribution in [0.15, 0.2) is 206 Å². The maximum Gasteiger partial charge on any atom is 0.187 e. The lowest BCUT2D eigenvalue weighted by Gasteiger charge is -2.17. The van der Waals surface area contributed by atoms with Crippen LogP contribution >= 0.6 is 11.3 Å². The van der Waals surface area contributed by atoms with E-state index in [2.05, 4.69) is 113 Å². The second-order valence-electron chi connectivity index (χ2n) is 16.2. The Morgan fingerprint density at radius 2 is 0.985 bits per heavy atom. The topological polar surface area (TPSA) is 71.8 Å². The highest BCUT2D eigenvalue weighted by Gasteiger charge is 2.22. The molecule has 0 fully saturated rings. The summed E-state index contributed by atoms with van der Waals surface area (Å²) < 4.78 is 4.82. The van der Waals surface area contributed by atoms with Gasteiger partial charge in [0.2, 0.25) is 0 Å². The van der Waals surface area contributed by atoms with Crippen LogP contribution in [0.3, 0.4) is 0 Å². The van der Waals surface area contributed by atoms with Crippen LogP contribution in [0.1, 0.15) is 5.56 Å². The molecule has 66 heavy (non-hydrogen) atoms. The van der Waals surface area contributed by atoms with Crippen molar-refractivity contribution in [3.05, 3.63) is 223 Å². The van der Waals surface area contributed by atoms with E-state index in [-0.39, 0.29) is 0 Å². The first kappa shape index (κ1) is 38.6. The van der Waals surface area contributed by atoms with Gasteiger partial charge in [-0.1, -0.05) is 164 Å². The van der Waals surface area contributed by atoms with Gasteiger partial charge in [0, 0.05) is 47.6 Å². The monoisotopic (exact) mass is 858 g/mol. The van der Waals surface area contributed by atoms with E-state index in [0.29, 0.717) is 28.7 Å². The molecule has 0 atom stereocenters. The lowest BCUT2D eigenvalue weighted by atomic mass is 9.99. The fourth-order valence-corrected chi connectivity index (χ4v) is 10.3. The van der Waals surface area contributed by atoms with Gasteiger partial charge in [0.1, 0.15) is 0 Å². The van der Waals surface area contributed by atoms with E-state index in [0.717, 1.165) is 77.6 Å². The summed E-state index contributed by atoms with van der Waals surface area (Å²) in [4.78, 5) is 19.4. The molecule has 0 aliphatic carbocycles. The summed E-state index contributed by atoms with van der Waals surface area (Å²) in [6, 6.07) is 73.1. The van der Waals surface area contributed by atoms with Crippen molar-refractivity contribution < 1.29 is 0 Å². The zero-order valence-corrected chi connectivity index (χ0v) is 36.0. The van der Waals surface area contributed by atoms with Gasteiger partial charge < -0.3 is 4.57 Å². The van der Waals surface area contributed by atoms with Crippen molar-refractivity contribution in [2.24, 2.45) is 0 Å². The molecule has 0 bridgehead atoms. The zero-order chi connectivity index (χ0) is 44.1. The van der Waals surface area contributed by atoms with Crippen LogP contribution in [0.2, 0.25) is 0 Å². The molecule has 7 heteroatoms. The molecule has 306 valence electrons. The molecule has 0 unspecified atom stereocenters. The molecule has 3 aromatic heterocycles. The maximum atomic E-state index is 9.60. The predicted octanol–water partition coefficient (Wildman–Crippen LogP) is 15.8. The maximum absolute atomic E-state index is 9.60. The number of hydrogen-bond acceptors (Lipinski definition) is 5. The van der Waals surface area contributed by atoms with Gasteiger partial charge in [0.05, 0.1) is 34.9 Å². The average molecular weight is 859 g/mol. The minimum Gasteiger partial charge on any atom is -0.308 e. The zero-order valence-electron chi connectivity index (χ0n) is 35.2. The van der Waals surface area contributed by atoms with E-state index >= 15 is 0 Å². The van der Waals surface area contributed by atoms with Gasteiger partial charge in [0.15, 0.2) is 23.2 Å². The largest absolute Gasteiger partial charge is 0.308 e. The third-order valence-corrected chi connectivity index (χ3v) is 13.6. The summed E-state index contributed by atoms with van der Waals surface area (Å²) in [6.07, 6.45) is 0. The molecular formula is C59H34N6S. The van der Waals surface area contributed by atoms with Crippen molar-refractivity contribution in [2.45, 2.75) is 0 Å². The summed E-state index contributed by atoms with van der Waals surface area (Å²) in [5, 5.41) is 14.3. The second-order valence-corrected chi connectivity index (χ2v) is 17.2. The Hall–Kier alpha value is -9.01.